The maximum absolute atomic E-state index is 10.8. The van der Waals surface area contributed by atoms with Crippen LogP contribution in [-0.2, 0) is 9.53 Å². The van der Waals surface area contributed by atoms with Gasteiger partial charge in [-0.05, 0) is 13.3 Å². The molecule has 0 aromatic rings. The third-order valence-electron chi connectivity index (χ3n) is 1.68. The van der Waals surface area contributed by atoms with Crippen LogP contribution in [0.4, 0.5) is 0 Å². The van der Waals surface area contributed by atoms with Crippen LogP contribution in [0.2, 0.25) is 0 Å². The number of rotatable bonds is 1. The summed E-state index contributed by atoms with van der Waals surface area (Å²) in [6, 6.07) is 0.0301. The molecule has 1 heterocycles. The van der Waals surface area contributed by atoms with Crippen molar-refractivity contribution >= 4 is 5.78 Å². The van der Waals surface area contributed by atoms with Gasteiger partial charge in [0.1, 0.15) is 5.78 Å². The standard InChI is InChI=1S/C7H13NO2/c1-6(9)7-2-4-10-5-3-8-7/h7-8H,2-5H2,1H3/t7-/m1/s1. The lowest BCUT2D eigenvalue weighted by atomic mass is 10.1. The Balaban J connectivity index is 2.35. The normalized spacial score (nSPS) is 27.5. The van der Waals surface area contributed by atoms with Crippen molar-refractivity contribution in [2.75, 3.05) is 19.8 Å². The fraction of sp³-hybridized carbons (Fsp3) is 0.857. The number of hydrogen-bond donors (Lipinski definition) is 1. The summed E-state index contributed by atoms with van der Waals surface area (Å²) in [5, 5.41) is 3.11. The molecule has 0 aromatic carbocycles. The minimum atomic E-state index is 0.0301. The van der Waals surface area contributed by atoms with E-state index in [1.54, 1.807) is 6.92 Å². The highest BCUT2D eigenvalue weighted by Crippen LogP contribution is 1.97. The van der Waals surface area contributed by atoms with Crippen LogP contribution in [0.15, 0.2) is 0 Å². The number of carbonyl (C=O) groups is 1. The van der Waals surface area contributed by atoms with Gasteiger partial charge >= 0.3 is 0 Å². The topological polar surface area (TPSA) is 38.3 Å². The SMILES string of the molecule is CC(=O)[C@H]1CCOCCN1. The highest BCUT2D eigenvalue weighted by molar-refractivity contribution is 5.81. The van der Waals surface area contributed by atoms with Crippen molar-refractivity contribution in [1.82, 2.24) is 5.32 Å². The predicted molar refractivity (Wildman–Crippen MR) is 37.9 cm³/mol. The van der Waals surface area contributed by atoms with Gasteiger partial charge in [-0.15, -0.1) is 0 Å². The van der Waals surface area contributed by atoms with Crippen LogP contribution < -0.4 is 5.32 Å². The van der Waals surface area contributed by atoms with Crippen molar-refractivity contribution in [1.29, 1.82) is 0 Å². The molecule has 1 aliphatic rings. The van der Waals surface area contributed by atoms with E-state index >= 15 is 0 Å². The van der Waals surface area contributed by atoms with Gasteiger partial charge < -0.3 is 10.1 Å². The van der Waals surface area contributed by atoms with E-state index in [4.69, 9.17) is 4.74 Å². The van der Waals surface area contributed by atoms with E-state index in [-0.39, 0.29) is 11.8 Å². The third kappa shape index (κ3) is 2.08. The minimum Gasteiger partial charge on any atom is -0.380 e. The zero-order valence-corrected chi connectivity index (χ0v) is 6.22. The molecule has 0 unspecified atom stereocenters. The molecule has 1 fully saturated rings. The number of Topliss-reactive ketones (excluding diaryl/α,β-unsaturated/α-hetero) is 1. The van der Waals surface area contributed by atoms with Crippen molar-refractivity contribution in [3.63, 3.8) is 0 Å². The molecule has 1 aliphatic heterocycles. The van der Waals surface area contributed by atoms with Gasteiger partial charge in [-0.2, -0.15) is 0 Å². The van der Waals surface area contributed by atoms with Crippen LogP contribution in [0.3, 0.4) is 0 Å². The molecule has 0 spiro atoms. The molecular weight excluding hydrogens is 130 g/mol. The minimum absolute atomic E-state index is 0.0301. The van der Waals surface area contributed by atoms with Crippen LogP contribution in [0.5, 0.6) is 0 Å². The van der Waals surface area contributed by atoms with Crippen molar-refractivity contribution < 1.29 is 9.53 Å². The van der Waals surface area contributed by atoms with E-state index < -0.39 is 0 Å². The maximum atomic E-state index is 10.8. The van der Waals surface area contributed by atoms with E-state index in [1.807, 2.05) is 0 Å². The summed E-state index contributed by atoms with van der Waals surface area (Å²) in [5.41, 5.74) is 0. The Labute approximate surface area is 60.7 Å². The Morgan fingerprint density at radius 2 is 2.40 bits per heavy atom. The van der Waals surface area contributed by atoms with Crippen LogP contribution >= 0.6 is 0 Å². The average Bonchev–Trinajstić information content (AvgIpc) is 2.12. The molecule has 0 amide bonds. The van der Waals surface area contributed by atoms with E-state index in [0.29, 0.717) is 6.61 Å². The van der Waals surface area contributed by atoms with Crippen LogP contribution in [0, 0.1) is 0 Å². The van der Waals surface area contributed by atoms with E-state index in [1.165, 1.54) is 0 Å². The second-order valence-electron chi connectivity index (χ2n) is 2.52. The molecule has 0 aromatic heterocycles. The van der Waals surface area contributed by atoms with Gasteiger partial charge in [-0.1, -0.05) is 0 Å². The van der Waals surface area contributed by atoms with Gasteiger partial charge in [0.25, 0.3) is 0 Å². The summed E-state index contributed by atoms with van der Waals surface area (Å²) in [6.07, 6.45) is 0.815. The Kier molecular flexibility index (Phi) is 2.83. The lowest BCUT2D eigenvalue weighted by Crippen LogP contribution is -2.35. The highest BCUT2D eigenvalue weighted by atomic mass is 16.5. The Morgan fingerprint density at radius 1 is 1.60 bits per heavy atom. The molecule has 1 rings (SSSR count). The van der Waals surface area contributed by atoms with Gasteiger partial charge in [-0.25, -0.2) is 0 Å². The number of hydrogen-bond acceptors (Lipinski definition) is 3. The maximum Gasteiger partial charge on any atom is 0.146 e. The van der Waals surface area contributed by atoms with Crippen molar-refractivity contribution in [2.45, 2.75) is 19.4 Å². The fourth-order valence-corrected chi connectivity index (χ4v) is 1.06. The summed E-state index contributed by atoms with van der Waals surface area (Å²) in [7, 11) is 0. The monoisotopic (exact) mass is 143 g/mol. The summed E-state index contributed by atoms with van der Waals surface area (Å²) in [5.74, 6) is 0.213. The van der Waals surface area contributed by atoms with Crippen LogP contribution in [0.1, 0.15) is 13.3 Å². The average molecular weight is 143 g/mol. The number of nitrogens with one attached hydrogen (secondary N) is 1. The lowest BCUT2D eigenvalue weighted by Gasteiger charge is -2.09. The molecule has 3 heteroatoms. The smallest absolute Gasteiger partial charge is 0.146 e. The summed E-state index contributed by atoms with van der Waals surface area (Å²) < 4.78 is 5.16. The summed E-state index contributed by atoms with van der Waals surface area (Å²) >= 11 is 0. The fourth-order valence-electron chi connectivity index (χ4n) is 1.06. The van der Waals surface area contributed by atoms with E-state index in [9.17, 15) is 4.79 Å². The van der Waals surface area contributed by atoms with Crippen LogP contribution in [-0.4, -0.2) is 31.6 Å². The van der Waals surface area contributed by atoms with Crippen molar-refractivity contribution in [2.24, 2.45) is 0 Å². The van der Waals surface area contributed by atoms with E-state index in [0.717, 1.165) is 19.6 Å². The van der Waals surface area contributed by atoms with Crippen molar-refractivity contribution in [3.8, 4) is 0 Å². The lowest BCUT2D eigenvalue weighted by molar-refractivity contribution is -0.119. The molecule has 0 aliphatic carbocycles. The molecule has 1 atom stereocenters. The van der Waals surface area contributed by atoms with E-state index in [2.05, 4.69) is 5.32 Å². The number of ketones is 1. The molecule has 1 saturated heterocycles. The molecule has 3 nitrogen and oxygen atoms in total. The van der Waals surface area contributed by atoms with Gasteiger partial charge in [0.2, 0.25) is 0 Å². The first-order chi connectivity index (χ1) is 4.80. The number of carbonyl (C=O) groups excluding carboxylic acids is 1. The highest BCUT2D eigenvalue weighted by Gasteiger charge is 2.14. The molecule has 1 N–H and O–H groups in total. The molecule has 0 bridgehead atoms. The quantitative estimate of drug-likeness (QED) is 0.559. The van der Waals surface area contributed by atoms with Gasteiger partial charge in [0.05, 0.1) is 12.6 Å². The largest absolute Gasteiger partial charge is 0.380 e. The first kappa shape index (κ1) is 7.69. The third-order valence-corrected chi connectivity index (χ3v) is 1.68. The van der Waals surface area contributed by atoms with Crippen LogP contribution in [0.25, 0.3) is 0 Å². The summed E-state index contributed by atoms with van der Waals surface area (Å²) in [6.45, 7) is 3.84. The molecule has 58 valence electrons. The number of ether oxygens (including phenoxy) is 1. The predicted octanol–water partition coefficient (Wildman–Crippen LogP) is -0.0461. The Hall–Kier alpha value is -0.410. The Morgan fingerprint density at radius 3 is 3.10 bits per heavy atom. The Bertz CT molecular complexity index is 117. The second-order valence-corrected chi connectivity index (χ2v) is 2.52. The molecule has 10 heavy (non-hydrogen) atoms. The summed E-state index contributed by atoms with van der Waals surface area (Å²) in [4.78, 5) is 10.8. The first-order valence-corrected chi connectivity index (χ1v) is 3.62. The van der Waals surface area contributed by atoms with Crippen molar-refractivity contribution in [3.05, 3.63) is 0 Å². The second kappa shape index (κ2) is 3.68. The zero-order chi connectivity index (χ0) is 7.40. The first-order valence-electron chi connectivity index (χ1n) is 3.62. The van der Waals surface area contributed by atoms with Gasteiger partial charge in [-0.3, -0.25) is 4.79 Å². The van der Waals surface area contributed by atoms with Gasteiger partial charge in [0.15, 0.2) is 0 Å². The zero-order valence-electron chi connectivity index (χ0n) is 6.22. The van der Waals surface area contributed by atoms with Gasteiger partial charge in [0, 0.05) is 13.2 Å². The molecular formula is C7H13NO2. The molecule has 0 saturated carbocycles. The molecule has 0 radical (unpaired) electrons.